The number of amides is 3. The molecular weight excluding hydrogens is 348 g/mol. The maximum absolute atomic E-state index is 12.5. The fourth-order valence-corrected chi connectivity index (χ4v) is 2.68. The Balaban J connectivity index is 1.59. The second kappa shape index (κ2) is 8.26. The van der Waals surface area contributed by atoms with Crippen molar-refractivity contribution in [1.82, 2.24) is 19.8 Å². The summed E-state index contributed by atoms with van der Waals surface area (Å²) in [6, 6.07) is 7.15. The third kappa shape index (κ3) is 4.78. The van der Waals surface area contributed by atoms with E-state index >= 15 is 0 Å². The first-order valence-corrected chi connectivity index (χ1v) is 8.50. The van der Waals surface area contributed by atoms with Crippen LogP contribution < -0.4 is 10.6 Å². The summed E-state index contributed by atoms with van der Waals surface area (Å²) in [7, 11) is 0. The van der Waals surface area contributed by atoms with Crippen molar-refractivity contribution in [3.8, 4) is 0 Å². The highest BCUT2D eigenvalue weighted by Gasteiger charge is 2.22. The average molecular weight is 368 g/mol. The van der Waals surface area contributed by atoms with Crippen molar-refractivity contribution < 1.29 is 14.4 Å². The first kappa shape index (κ1) is 18.3. The molecule has 1 aromatic carbocycles. The minimum absolute atomic E-state index is 0.130. The van der Waals surface area contributed by atoms with Gasteiger partial charge < -0.3 is 20.4 Å². The van der Waals surface area contributed by atoms with Crippen LogP contribution in [-0.4, -0.2) is 64.2 Å². The molecule has 0 atom stereocenters. The lowest BCUT2D eigenvalue weighted by Crippen LogP contribution is -2.48. The average Bonchev–Trinajstić information content (AvgIpc) is 2.69. The molecule has 1 fully saturated rings. The van der Waals surface area contributed by atoms with E-state index in [4.69, 9.17) is 0 Å². The van der Waals surface area contributed by atoms with E-state index in [2.05, 4.69) is 20.6 Å². The van der Waals surface area contributed by atoms with Gasteiger partial charge >= 0.3 is 0 Å². The van der Waals surface area contributed by atoms with Gasteiger partial charge in [-0.2, -0.15) is 0 Å². The number of nitrogens with zero attached hydrogens (tertiary/aromatic N) is 4. The molecule has 3 rings (SSSR count). The zero-order valence-electron chi connectivity index (χ0n) is 14.9. The van der Waals surface area contributed by atoms with Crippen LogP contribution in [-0.2, 0) is 9.59 Å². The van der Waals surface area contributed by atoms with Crippen LogP contribution in [0.15, 0.2) is 36.7 Å². The number of benzene rings is 1. The Labute approximate surface area is 156 Å². The molecule has 9 nitrogen and oxygen atoms in total. The number of nitrogens with one attached hydrogen (secondary N) is 2. The normalized spacial score (nSPS) is 13.8. The Bertz CT molecular complexity index is 814. The molecular formula is C18H20N6O3. The van der Waals surface area contributed by atoms with Gasteiger partial charge in [-0.3, -0.25) is 14.4 Å². The fraction of sp³-hybridized carbons (Fsp3) is 0.278. The molecule has 0 unspecified atom stereocenters. The van der Waals surface area contributed by atoms with Crippen LogP contribution in [0.2, 0.25) is 0 Å². The highest BCUT2D eigenvalue weighted by atomic mass is 16.2. The Morgan fingerprint density at radius 2 is 1.67 bits per heavy atom. The van der Waals surface area contributed by atoms with E-state index in [0.717, 1.165) is 12.1 Å². The van der Waals surface area contributed by atoms with Crippen molar-refractivity contribution in [2.75, 3.05) is 36.8 Å². The second-order valence-electron chi connectivity index (χ2n) is 6.10. The minimum atomic E-state index is -0.195. The van der Waals surface area contributed by atoms with Gasteiger partial charge in [0.2, 0.25) is 12.3 Å². The SMILES string of the molecule is CC(=O)Nc1ccc(Nc2cnc(C(=O)N3CCN(C=O)CC3)cn2)cc1. The molecule has 0 radical (unpaired) electrons. The van der Waals surface area contributed by atoms with Gasteiger partial charge in [-0.15, -0.1) is 0 Å². The molecule has 0 spiro atoms. The van der Waals surface area contributed by atoms with Crippen LogP contribution in [0.4, 0.5) is 17.2 Å². The van der Waals surface area contributed by atoms with Crippen LogP contribution in [0.3, 0.4) is 0 Å². The van der Waals surface area contributed by atoms with Gasteiger partial charge in [0.15, 0.2) is 0 Å². The molecule has 2 N–H and O–H groups in total. The van der Waals surface area contributed by atoms with Crippen LogP contribution in [0.5, 0.6) is 0 Å². The van der Waals surface area contributed by atoms with E-state index < -0.39 is 0 Å². The number of anilines is 3. The Morgan fingerprint density at radius 1 is 1.00 bits per heavy atom. The van der Waals surface area contributed by atoms with E-state index in [1.807, 2.05) is 0 Å². The summed E-state index contributed by atoms with van der Waals surface area (Å²) in [5.74, 6) is 0.179. The summed E-state index contributed by atoms with van der Waals surface area (Å²) in [6.07, 6.45) is 3.73. The first-order valence-electron chi connectivity index (χ1n) is 8.50. The third-order valence-corrected chi connectivity index (χ3v) is 4.10. The quantitative estimate of drug-likeness (QED) is 0.765. The predicted molar refractivity (Wildman–Crippen MR) is 99.6 cm³/mol. The smallest absolute Gasteiger partial charge is 0.274 e. The summed E-state index contributed by atoms with van der Waals surface area (Å²) in [6.45, 7) is 3.47. The highest BCUT2D eigenvalue weighted by molar-refractivity contribution is 5.92. The monoisotopic (exact) mass is 368 g/mol. The largest absolute Gasteiger partial charge is 0.342 e. The molecule has 0 bridgehead atoms. The maximum atomic E-state index is 12.5. The molecule has 1 saturated heterocycles. The van der Waals surface area contributed by atoms with Crippen molar-refractivity contribution >= 4 is 35.4 Å². The van der Waals surface area contributed by atoms with Gasteiger partial charge in [0.25, 0.3) is 5.91 Å². The molecule has 27 heavy (non-hydrogen) atoms. The third-order valence-electron chi connectivity index (χ3n) is 4.10. The lowest BCUT2D eigenvalue weighted by atomic mass is 10.2. The molecule has 1 aliphatic rings. The summed E-state index contributed by atoms with van der Waals surface area (Å²) in [5.41, 5.74) is 1.75. The van der Waals surface area contributed by atoms with Crippen molar-refractivity contribution in [2.45, 2.75) is 6.92 Å². The zero-order chi connectivity index (χ0) is 19.2. The van der Waals surface area contributed by atoms with E-state index in [1.54, 1.807) is 34.1 Å². The van der Waals surface area contributed by atoms with Crippen molar-refractivity contribution in [3.63, 3.8) is 0 Å². The number of aromatic nitrogens is 2. The standard InChI is InChI=1S/C18H20N6O3/c1-13(26)21-14-2-4-15(5-3-14)22-17-11-19-16(10-20-17)18(27)24-8-6-23(12-25)7-9-24/h2-5,10-12H,6-9H2,1H3,(H,20,22)(H,21,26). The van der Waals surface area contributed by atoms with E-state index in [9.17, 15) is 14.4 Å². The molecule has 3 amide bonds. The molecule has 2 heterocycles. The Morgan fingerprint density at radius 3 is 2.22 bits per heavy atom. The number of carbonyl (C=O) groups is 3. The van der Waals surface area contributed by atoms with Crippen molar-refractivity contribution in [1.29, 1.82) is 0 Å². The molecule has 1 aromatic heterocycles. The lowest BCUT2D eigenvalue weighted by molar-refractivity contribution is -0.119. The summed E-state index contributed by atoms with van der Waals surface area (Å²) in [4.78, 5) is 45.9. The van der Waals surface area contributed by atoms with Crippen molar-refractivity contribution in [3.05, 3.63) is 42.4 Å². The number of hydrogen-bond acceptors (Lipinski definition) is 6. The van der Waals surface area contributed by atoms with Gasteiger partial charge in [0, 0.05) is 44.5 Å². The van der Waals surface area contributed by atoms with Gasteiger partial charge in [0.1, 0.15) is 11.5 Å². The summed E-state index contributed by atoms with van der Waals surface area (Å²) >= 11 is 0. The van der Waals surface area contributed by atoms with Crippen LogP contribution in [0, 0.1) is 0 Å². The number of carbonyl (C=O) groups excluding carboxylic acids is 3. The minimum Gasteiger partial charge on any atom is -0.342 e. The topological polar surface area (TPSA) is 108 Å². The van der Waals surface area contributed by atoms with Crippen LogP contribution >= 0.6 is 0 Å². The molecule has 9 heteroatoms. The molecule has 1 aliphatic heterocycles. The predicted octanol–water partition coefficient (Wildman–Crippen LogP) is 1.09. The van der Waals surface area contributed by atoms with E-state index in [-0.39, 0.29) is 17.5 Å². The summed E-state index contributed by atoms with van der Waals surface area (Å²) < 4.78 is 0. The summed E-state index contributed by atoms with van der Waals surface area (Å²) in [5, 5.41) is 5.78. The van der Waals surface area contributed by atoms with Gasteiger partial charge in [-0.1, -0.05) is 0 Å². The number of rotatable bonds is 5. The molecule has 0 saturated carbocycles. The number of piperazine rings is 1. The molecule has 0 aliphatic carbocycles. The van der Waals surface area contributed by atoms with Crippen LogP contribution in [0.25, 0.3) is 0 Å². The molecule has 140 valence electrons. The second-order valence-corrected chi connectivity index (χ2v) is 6.10. The number of hydrogen-bond donors (Lipinski definition) is 2. The molecule has 2 aromatic rings. The lowest BCUT2D eigenvalue weighted by Gasteiger charge is -2.32. The van der Waals surface area contributed by atoms with E-state index in [0.29, 0.717) is 37.7 Å². The Hall–Kier alpha value is -3.49. The maximum Gasteiger partial charge on any atom is 0.274 e. The zero-order valence-corrected chi connectivity index (χ0v) is 14.9. The van der Waals surface area contributed by atoms with Gasteiger partial charge in [0.05, 0.1) is 12.4 Å². The highest BCUT2D eigenvalue weighted by Crippen LogP contribution is 2.17. The van der Waals surface area contributed by atoms with E-state index in [1.165, 1.54) is 19.3 Å². The Kier molecular flexibility index (Phi) is 5.60. The first-order chi connectivity index (χ1) is 13.0. The fourth-order valence-electron chi connectivity index (χ4n) is 2.68. The van der Waals surface area contributed by atoms with Gasteiger partial charge in [-0.25, -0.2) is 9.97 Å². The van der Waals surface area contributed by atoms with Crippen molar-refractivity contribution in [2.24, 2.45) is 0 Å². The van der Waals surface area contributed by atoms with Gasteiger partial charge in [-0.05, 0) is 24.3 Å². The van der Waals surface area contributed by atoms with Crippen LogP contribution in [0.1, 0.15) is 17.4 Å².